The number of methoxy groups -OCH3 is 1. The molecule has 2 amide bonds. The first-order valence-corrected chi connectivity index (χ1v) is 8.60. The van der Waals surface area contributed by atoms with E-state index in [-0.39, 0.29) is 36.1 Å². The van der Waals surface area contributed by atoms with Crippen molar-refractivity contribution in [3.05, 3.63) is 24.3 Å². The first-order chi connectivity index (χ1) is 11.7. The fourth-order valence-electron chi connectivity index (χ4n) is 3.85. The number of carbonyl (C=O) groups excluding carboxylic acids is 2. The molecule has 25 heavy (non-hydrogen) atoms. The number of nitrogens with one attached hydrogen (secondary N) is 1. The zero-order valence-corrected chi connectivity index (χ0v) is 15.3. The van der Waals surface area contributed by atoms with E-state index < -0.39 is 6.04 Å². The van der Waals surface area contributed by atoms with Crippen molar-refractivity contribution in [1.29, 1.82) is 0 Å². The summed E-state index contributed by atoms with van der Waals surface area (Å²) in [5.41, 5.74) is 6.51. The van der Waals surface area contributed by atoms with E-state index in [0.717, 1.165) is 24.9 Å². The van der Waals surface area contributed by atoms with E-state index in [1.165, 1.54) is 0 Å². The summed E-state index contributed by atoms with van der Waals surface area (Å²) < 4.78 is 5.34. The zero-order chi connectivity index (χ0) is 17.1. The van der Waals surface area contributed by atoms with Gasteiger partial charge in [-0.05, 0) is 43.9 Å². The highest BCUT2D eigenvalue weighted by molar-refractivity contribution is 6.02. The standard InChI is InChI=1S/C18H25N3O3.ClH/c1-24-16-8-3-2-7-15(16)21-10-9-14(18(21)23)20-17(22)13-6-4-5-12(13)11-19;/h2-3,7-8,12-14H,4-6,9-11,19H2,1H3,(H,20,22);1H/t12-,13-,14?;/m1./s1. The van der Waals surface area contributed by atoms with Crippen LogP contribution in [0.4, 0.5) is 5.69 Å². The molecule has 3 atom stereocenters. The fourth-order valence-corrected chi connectivity index (χ4v) is 3.85. The lowest BCUT2D eigenvalue weighted by Crippen LogP contribution is -2.45. The zero-order valence-electron chi connectivity index (χ0n) is 14.4. The van der Waals surface area contributed by atoms with Gasteiger partial charge in [0.15, 0.2) is 0 Å². The van der Waals surface area contributed by atoms with Crippen LogP contribution in [0.25, 0.3) is 0 Å². The van der Waals surface area contributed by atoms with Gasteiger partial charge in [-0.2, -0.15) is 0 Å². The second kappa shape index (κ2) is 8.54. The van der Waals surface area contributed by atoms with Gasteiger partial charge < -0.3 is 20.7 Å². The SMILES string of the molecule is COc1ccccc1N1CCC(NC(=O)[C@@H]2CCC[C@@H]2CN)C1=O.Cl. The van der Waals surface area contributed by atoms with E-state index in [9.17, 15) is 9.59 Å². The minimum atomic E-state index is -0.457. The van der Waals surface area contributed by atoms with Gasteiger partial charge in [-0.25, -0.2) is 0 Å². The number of rotatable bonds is 5. The molecule has 1 saturated carbocycles. The van der Waals surface area contributed by atoms with E-state index in [0.29, 0.717) is 25.3 Å². The number of hydrogen-bond donors (Lipinski definition) is 2. The van der Waals surface area contributed by atoms with Crippen molar-refractivity contribution < 1.29 is 14.3 Å². The van der Waals surface area contributed by atoms with Crippen molar-refractivity contribution in [1.82, 2.24) is 5.32 Å². The molecule has 1 aliphatic heterocycles. The summed E-state index contributed by atoms with van der Waals surface area (Å²) in [4.78, 5) is 26.9. The molecule has 2 aliphatic rings. The number of ether oxygens (including phenoxy) is 1. The lowest BCUT2D eigenvalue weighted by atomic mass is 9.95. The Morgan fingerprint density at radius 1 is 1.32 bits per heavy atom. The molecule has 0 radical (unpaired) electrons. The Bertz CT molecular complexity index is 625. The monoisotopic (exact) mass is 367 g/mol. The van der Waals surface area contributed by atoms with Crippen LogP contribution < -0.4 is 20.7 Å². The van der Waals surface area contributed by atoms with E-state index >= 15 is 0 Å². The lowest BCUT2D eigenvalue weighted by Gasteiger charge is -2.21. The largest absolute Gasteiger partial charge is 0.495 e. The Morgan fingerprint density at radius 2 is 2.08 bits per heavy atom. The number of para-hydroxylation sites is 2. The Hall–Kier alpha value is -1.79. The van der Waals surface area contributed by atoms with Gasteiger partial charge >= 0.3 is 0 Å². The maximum Gasteiger partial charge on any atom is 0.249 e. The Labute approximate surface area is 154 Å². The quantitative estimate of drug-likeness (QED) is 0.829. The minimum absolute atomic E-state index is 0. The molecule has 1 aromatic carbocycles. The van der Waals surface area contributed by atoms with Gasteiger partial charge in [0.05, 0.1) is 12.8 Å². The molecule has 2 fully saturated rings. The summed E-state index contributed by atoms with van der Waals surface area (Å²) in [6.45, 7) is 1.11. The van der Waals surface area contributed by atoms with Crippen molar-refractivity contribution in [3.63, 3.8) is 0 Å². The maximum absolute atomic E-state index is 12.7. The average Bonchev–Trinajstić information content (AvgIpc) is 3.22. The average molecular weight is 368 g/mol. The van der Waals surface area contributed by atoms with Crippen LogP contribution in [-0.4, -0.2) is 38.1 Å². The molecule has 1 saturated heterocycles. The first-order valence-electron chi connectivity index (χ1n) is 8.60. The van der Waals surface area contributed by atoms with Crippen molar-refractivity contribution >= 4 is 29.9 Å². The summed E-state index contributed by atoms with van der Waals surface area (Å²) in [6.07, 6.45) is 3.51. The third kappa shape index (κ3) is 3.90. The first kappa shape index (κ1) is 19.5. The van der Waals surface area contributed by atoms with Crippen LogP contribution >= 0.6 is 12.4 Å². The number of halogens is 1. The smallest absolute Gasteiger partial charge is 0.249 e. The third-order valence-electron chi connectivity index (χ3n) is 5.20. The van der Waals surface area contributed by atoms with Crippen LogP contribution in [0.5, 0.6) is 5.75 Å². The molecule has 138 valence electrons. The van der Waals surface area contributed by atoms with Gasteiger partial charge in [0.25, 0.3) is 0 Å². The van der Waals surface area contributed by atoms with E-state index in [2.05, 4.69) is 5.32 Å². The Kier molecular flexibility index (Phi) is 6.67. The molecule has 6 nitrogen and oxygen atoms in total. The number of nitrogens with two attached hydrogens (primary N) is 1. The lowest BCUT2D eigenvalue weighted by molar-refractivity contribution is -0.129. The van der Waals surface area contributed by atoms with Crippen LogP contribution in [0, 0.1) is 11.8 Å². The van der Waals surface area contributed by atoms with Crippen LogP contribution in [0.15, 0.2) is 24.3 Å². The van der Waals surface area contributed by atoms with Crippen LogP contribution in [0.3, 0.4) is 0 Å². The molecule has 0 aromatic heterocycles. The number of amides is 2. The van der Waals surface area contributed by atoms with Gasteiger partial charge in [-0.1, -0.05) is 18.6 Å². The second-order valence-corrected chi connectivity index (χ2v) is 6.54. The molecule has 3 rings (SSSR count). The van der Waals surface area contributed by atoms with Gasteiger partial charge in [-0.3, -0.25) is 9.59 Å². The van der Waals surface area contributed by atoms with E-state index in [4.69, 9.17) is 10.5 Å². The predicted molar refractivity (Wildman–Crippen MR) is 99.0 cm³/mol. The number of nitrogens with zero attached hydrogens (tertiary/aromatic N) is 1. The molecule has 3 N–H and O–H groups in total. The van der Waals surface area contributed by atoms with Crippen molar-refractivity contribution in [2.45, 2.75) is 31.7 Å². The molecule has 7 heteroatoms. The van der Waals surface area contributed by atoms with E-state index in [1.54, 1.807) is 12.0 Å². The highest BCUT2D eigenvalue weighted by Crippen LogP contribution is 2.33. The maximum atomic E-state index is 12.7. The summed E-state index contributed by atoms with van der Waals surface area (Å²) in [7, 11) is 1.59. The molecule has 1 aromatic rings. The Morgan fingerprint density at radius 3 is 2.80 bits per heavy atom. The fraction of sp³-hybridized carbons (Fsp3) is 0.556. The molecule has 1 unspecified atom stereocenters. The van der Waals surface area contributed by atoms with Crippen LogP contribution in [0.1, 0.15) is 25.7 Å². The van der Waals surface area contributed by atoms with Crippen molar-refractivity contribution in [2.75, 3.05) is 25.1 Å². The summed E-state index contributed by atoms with van der Waals surface area (Å²) >= 11 is 0. The third-order valence-corrected chi connectivity index (χ3v) is 5.20. The molecule has 0 bridgehead atoms. The van der Waals surface area contributed by atoms with Crippen molar-refractivity contribution in [2.24, 2.45) is 17.6 Å². The molecule has 1 heterocycles. The summed E-state index contributed by atoms with van der Waals surface area (Å²) in [6, 6.07) is 6.99. The number of benzene rings is 1. The topological polar surface area (TPSA) is 84.7 Å². The molecular formula is C18H26ClN3O3. The van der Waals surface area contributed by atoms with Gasteiger partial charge in [0.1, 0.15) is 11.8 Å². The predicted octanol–water partition coefficient (Wildman–Crippen LogP) is 1.71. The van der Waals surface area contributed by atoms with Gasteiger partial charge in [0, 0.05) is 12.5 Å². The number of anilines is 1. The summed E-state index contributed by atoms with van der Waals surface area (Å²) in [5.74, 6) is 0.755. The molecule has 1 aliphatic carbocycles. The van der Waals surface area contributed by atoms with Crippen LogP contribution in [0.2, 0.25) is 0 Å². The van der Waals surface area contributed by atoms with Crippen molar-refractivity contribution in [3.8, 4) is 5.75 Å². The molecular weight excluding hydrogens is 342 g/mol. The number of hydrogen-bond acceptors (Lipinski definition) is 4. The van der Waals surface area contributed by atoms with Crippen LogP contribution in [-0.2, 0) is 9.59 Å². The van der Waals surface area contributed by atoms with Gasteiger partial charge in [0.2, 0.25) is 11.8 Å². The second-order valence-electron chi connectivity index (χ2n) is 6.54. The Balaban J connectivity index is 0.00000225. The summed E-state index contributed by atoms with van der Waals surface area (Å²) in [5, 5.41) is 2.95. The number of carbonyl (C=O) groups is 2. The highest BCUT2D eigenvalue weighted by atomic mass is 35.5. The molecule has 0 spiro atoms. The van der Waals surface area contributed by atoms with Gasteiger partial charge in [-0.15, -0.1) is 12.4 Å². The highest BCUT2D eigenvalue weighted by Gasteiger charge is 2.38. The van der Waals surface area contributed by atoms with E-state index in [1.807, 2.05) is 24.3 Å². The minimum Gasteiger partial charge on any atom is -0.495 e. The normalized spacial score (nSPS) is 25.6.